The number of rotatable bonds is 6. The summed E-state index contributed by atoms with van der Waals surface area (Å²) in [4.78, 5) is 25.2. The van der Waals surface area contributed by atoms with Gasteiger partial charge in [0.2, 0.25) is 5.91 Å². The van der Waals surface area contributed by atoms with E-state index in [0.29, 0.717) is 11.9 Å². The summed E-state index contributed by atoms with van der Waals surface area (Å²) in [5, 5.41) is 0. The molecule has 0 bridgehead atoms. The first-order chi connectivity index (χ1) is 16.6. The monoisotopic (exact) mass is 459 g/mol. The lowest BCUT2D eigenvalue weighted by atomic mass is 9.95. The molecule has 1 amide bonds. The summed E-state index contributed by atoms with van der Waals surface area (Å²) in [6, 6.07) is 19.4. The smallest absolute Gasteiger partial charge is 0.225 e. The summed E-state index contributed by atoms with van der Waals surface area (Å²) >= 11 is 0. The average Bonchev–Trinajstić information content (AvgIpc) is 3.23. The summed E-state index contributed by atoms with van der Waals surface area (Å²) < 4.78 is 2.36. The molecule has 6 heteroatoms. The molecule has 0 atom stereocenters. The van der Waals surface area contributed by atoms with Crippen molar-refractivity contribution in [1.29, 1.82) is 0 Å². The minimum absolute atomic E-state index is 0.167. The van der Waals surface area contributed by atoms with Crippen LogP contribution < -0.4 is 0 Å². The van der Waals surface area contributed by atoms with Gasteiger partial charge < -0.3 is 9.47 Å². The number of hydrogen-bond acceptors (Lipinski definition) is 4. The van der Waals surface area contributed by atoms with Gasteiger partial charge in [-0.1, -0.05) is 42.5 Å². The molecule has 2 aromatic carbocycles. The summed E-state index contributed by atoms with van der Waals surface area (Å²) in [5.74, 6) is 1.67. The molecular weight excluding hydrogens is 422 g/mol. The van der Waals surface area contributed by atoms with Crippen LogP contribution >= 0.6 is 0 Å². The summed E-state index contributed by atoms with van der Waals surface area (Å²) in [6.45, 7) is 11.8. The molecule has 34 heavy (non-hydrogen) atoms. The van der Waals surface area contributed by atoms with Crippen LogP contribution in [0.5, 0.6) is 0 Å². The predicted octanol–water partition coefficient (Wildman–Crippen LogP) is 4.17. The maximum atomic E-state index is 13.2. The zero-order valence-corrected chi connectivity index (χ0v) is 20.6. The topological polar surface area (TPSA) is 44.6 Å². The van der Waals surface area contributed by atoms with Crippen LogP contribution in [0.4, 0.5) is 0 Å². The molecule has 3 heterocycles. The van der Waals surface area contributed by atoms with E-state index in [1.54, 1.807) is 0 Å². The number of nitrogens with zero attached hydrogens (tertiary/aromatic N) is 5. The number of carbonyl (C=O) groups excluding carboxylic acids is 1. The largest absolute Gasteiger partial charge is 0.340 e. The van der Waals surface area contributed by atoms with Crippen molar-refractivity contribution >= 4 is 16.9 Å². The molecule has 2 saturated heterocycles. The zero-order chi connectivity index (χ0) is 23.5. The van der Waals surface area contributed by atoms with Crippen LogP contribution in [0.2, 0.25) is 0 Å². The number of para-hydroxylation sites is 2. The Hall–Kier alpha value is -2.70. The molecule has 0 spiro atoms. The zero-order valence-electron chi connectivity index (χ0n) is 20.6. The third-order valence-corrected chi connectivity index (χ3v) is 7.42. The van der Waals surface area contributed by atoms with E-state index in [2.05, 4.69) is 87.7 Å². The quantitative estimate of drug-likeness (QED) is 0.555. The third-order valence-electron chi connectivity index (χ3n) is 7.42. The molecule has 2 aliphatic rings. The summed E-state index contributed by atoms with van der Waals surface area (Å²) in [7, 11) is 0. The molecular formula is C28H37N5O. The van der Waals surface area contributed by atoms with Gasteiger partial charge in [0.15, 0.2) is 0 Å². The number of fused-ring (bicyclic) bond motifs is 1. The number of benzene rings is 2. The van der Waals surface area contributed by atoms with Crippen LogP contribution in [0.25, 0.3) is 11.0 Å². The molecule has 2 fully saturated rings. The highest BCUT2D eigenvalue weighted by Gasteiger charge is 2.31. The Labute approximate surface area is 203 Å². The molecule has 0 N–H and O–H groups in total. The Bertz CT molecular complexity index is 1090. The lowest BCUT2D eigenvalue weighted by Gasteiger charge is -2.38. The highest BCUT2D eigenvalue weighted by atomic mass is 16.2. The second-order valence-electron chi connectivity index (χ2n) is 10.1. The number of imidazole rings is 1. The van der Waals surface area contributed by atoms with E-state index in [0.717, 1.165) is 76.5 Å². The number of piperazine rings is 1. The average molecular weight is 460 g/mol. The molecule has 0 unspecified atom stereocenters. The van der Waals surface area contributed by atoms with Crippen molar-refractivity contribution in [3.8, 4) is 0 Å². The fourth-order valence-corrected chi connectivity index (χ4v) is 5.55. The van der Waals surface area contributed by atoms with Crippen molar-refractivity contribution in [2.75, 3.05) is 39.3 Å². The number of piperidine rings is 1. The van der Waals surface area contributed by atoms with Gasteiger partial charge in [-0.3, -0.25) is 14.6 Å². The first kappa shape index (κ1) is 23.1. The number of aromatic nitrogens is 2. The minimum atomic E-state index is 0.167. The molecule has 0 radical (unpaired) electrons. The number of carbonyl (C=O) groups is 1. The molecule has 1 aromatic heterocycles. The van der Waals surface area contributed by atoms with Crippen LogP contribution in [0.3, 0.4) is 0 Å². The molecule has 180 valence electrons. The van der Waals surface area contributed by atoms with E-state index < -0.39 is 0 Å². The van der Waals surface area contributed by atoms with Gasteiger partial charge in [0, 0.05) is 44.7 Å². The van der Waals surface area contributed by atoms with Gasteiger partial charge in [-0.05, 0) is 57.5 Å². The SMILES string of the molecule is CC(C)n1c(CN2CCC(C(=O)N3CCN(Cc4ccccc4)CC3)CC2)nc2ccccc21. The lowest BCUT2D eigenvalue weighted by Crippen LogP contribution is -2.51. The van der Waals surface area contributed by atoms with Crippen molar-refractivity contribution in [1.82, 2.24) is 24.3 Å². The Morgan fingerprint density at radius 1 is 0.853 bits per heavy atom. The second kappa shape index (κ2) is 10.3. The van der Waals surface area contributed by atoms with Gasteiger partial charge in [0.1, 0.15) is 5.82 Å². The van der Waals surface area contributed by atoms with E-state index in [9.17, 15) is 4.79 Å². The van der Waals surface area contributed by atoms with E-state index in [-0.39, 0.29) is 5.92 Å². The van der Waals surface area contributed by atoms with Crippen LogP contribution in [-0.2, 0) is 17.9 Å². The molecule has 0 aliphatic carbocycles. The van der Waals surface area contributed by atoms with Crippen LogP contribution in [0.1, 0.15) is 44.1 Å². The van der Waals surface area contributed by atoms with Crippen LogP contribution in [0, 0.1) is 5.92 Å². The lowest BCUT2D eigenvalue weighted by molar-refractivity contribution is -0.139. The summed E-state index contributed by atoms with van der Waals surface area (Å²) in [6.07, 6.45) is 1.90. The molecule has 3 aromatic rings. The van der Waals surface area contributed by atoms with Gasteiger partial charge in [-0.2, -0.15) is 0 Å². The van der Waals surface area contributed by atoms with E-state index in [1.165, 1.54) is 11.1 Å². The van der Waals surface area contributed by atoms with Crippen molar-refractivity contribution in [3.63, 3.8) is 0 Å². The Balaban J connectivity index is 1.12. The predicted molar refractivity (Wildman–Crippen MR) is 136 cm³/mol. The first-order valence-corrected chi connectivity index (χ1v) is 12.8. The Morgan fingerprint density at radius 3 is 2.21 bits per heavy atom. The molecule has 6 nitrogen and oxygen atoms in total. The third kappa shape index (κ3) is 5.03. The summed E-state index contributed by atoms with van der Waals surface area (Å²) in [5.41, 5.74) is 3.63. The molecule has 2 aliphatic heterocycles. The van der Waals surface area contributed by atoms with Crippen molar-refractivity contribution in [3.05, 3.63) is 66.0 Å². The van der Waals surface area contributed by atoms with E-state index >= 15 is 0 Å². The van der Waals surface area contributed by atoms with Crippen molar-refractivity contribution < 1.29 is 4.79 Å². The highest BCUT2D eigenvalue weighted by Crippen LogP contribution is 2.25. The Morgan fingerprint density at radius 2 is 1.50 bits per heavy atom. The normalized spacial score (nSPS) is 18.7. The van der Waals surface area contributed by atoms with Crippen LogP contribution in [0.15, 0.2) is 54.6 Å². The van der Waals surface area contributed by atoms with Gasteiger partial charge in [0.25, 0.3) is 0 Å². The maximum Gasteiger partial charge on any atom is 0.225 e. The van der Waals surface area contributed by atoms with E-state index in [4.69, 9.17) is 4.98 Å². The Kier molecular flexibility index (Phi) is 6.97. The second-order valence-corrected chi connectivity index (χ2v) is 10.1. The fourth-order valence-electron chi connectivity index (χ4n) is 5.55. The van der Waals surface area contributed by atoms with Gasteiger partial charge in [0.05, 0.1) is 17.6 Å². The molecule has 5 rings (SSSR count). The van der Waals surface area contributed by atoms with Gasteiger partial charge in [-0.25, -0.2) is 4.98 Å². The number of hydrogen-bond donors (Lipinski definition) is 0. The van der Waals surface area contributed by atoms with Crippen molar-refractivity contribution in [2.24, 2.45) is 5.92 Å². The van der Waals surface area contributed by atoms with Gasteiger partial charge >= 0.3 is 0 Å². The fraction of sp³-hybridized carbons (Fsp3) is 0.500. The number of likely N-dealkylation sites (tertiary alicyclic amines) is 1. The highest BCUT2D eigenvalue weighted by molar-refractivity contribution is 5.79. The van der Waals surface area contributed by atoms with Crippen LogP contribution in [-0.4, -0.2) is 69.4 Å². The van der Waals surface area contributed by atoms with Crippen molar-refractivity contribution in [2.45, 2.75) is 45.8 Å². The minimum Gasteiger partial charge on any atom is -0.340 e. The molecule has 0 saturated carbocycles. The first-order valence-electron chi connectivity index (χ1n) is 12.8. The maximum absolute atomic E-state index is 13.2. The van der Waals surface area contributed by atoms with E-state index in [1.807, 2.05) is 0 Å². The number of amides is 1. The standard InChI is InChI=1S/C28H37N5O/c1-22(2)33-26-11-7-6-10-25(26)29-27(33)21-30-14-12-24(13-15-30)28(34)32-18-16-31(17-19-32)20-23-8-4-3-5-9-23/h3-11,22,24H,12-21H2,1-2H3. The van der Waals surface area contributed by atoms with Gasteiger partial charge in [-0.15, -0.1) is 0 Å².